The van der Waals surface area contributed by atoms with E-state index in [2.05, 4.69) is 17.6 Å². The van der Waals surface area contributed by atoms with Crippen molar-refractivity contribution in [2.75, 3.05) is 19.7 Å². The summed E-state index contributed by atoms with van der Waals surface area (Å²) >= 11 is 0. The van der Waals surface area contributed by atoms with Gasteiger partial charge in [-0.25, -0.2) is 4.79 Å². The van der Waals surface area contributed by atoms with Gasteiger partial charge in [0.05, 0.1) is 24.9 Å². The van der Waals surface area contributed by atoms with Gasteiger partial charge in [-0.05, 0) is 20.8 Å². The fourth-order valence-electron chi connectivity index (χ4n) is 0.640. The molecule has 6 nitrogen and oxygen atoms in total. The van der Waals surface area contributed by atoms with E-state index in [4.69, 9.17) is 14.9 Å². The molecule has 0 radical (unpaired) electrons. The molecule has 0 aliphatic carbocycles. The van der Waals surface area contributed by atoms with Crippen molar-refractivity contribution in [3.63, 3.8) is 0 Å². The number of hydrogen-bond donors (Lipinski definition) is 4. The van der Waals surface area contributed by atoms with Gasteiger partial charge in [0.2, 0.25) is 0 Å². The van der Waals surface area contributed by atoms with E-state index in [1.807, 2.05) is 0 Å². The molecule has 1 heterocycles. The third kappa shape index (κ3) is 13.2. The van der Waals surface area contributed by atoms with Crippen LogP contribution in [0.1, 0.15) is 20.8 Å². The van der Waals surface area contributed by atoms with Gasteiger partial charge in [-0.2, -0.15) is 0 Å². The minimum absolute atomic E-state index is 0.214. The van der Waals surface area contributed by atoms with Gasteiger partial charge < -0.3 is 25.6 Å². The maximum atomic E-state index is 10.8. The highest BCUT2D eigenvalue weighted by atomic mass is 16.6. The van der Waals surface area contributed by atoms with Crippen LogP contribution < -0.4 is 10.6 Å². The van der Waals surface area contributed by atoms with Crippen molar-refractivity contribution in [3.05, 3.63) is 0 Å². The molecule has 0 saturated carbocycles. The molecule has 0 aromatic carbocycles. The molecular formula is C10H22N2O4. The summed E-state index contributed by atoms with van der Waals surface area (Å²) in [5, 5.41) is 22.4. The van der Waals surface area contributed by atoms with E-state index in [1.54, 1.807) is 13.8 Å². The molecular weight excluding hydrogens is 212 g/mol. The molecule has 3 unspecified atom stereocenters. The number of carbonyl (C=O) groups excluding carboxylic acids is 1. The second-order valence-electron chi connectivity index (χ2n) is 3.93. The van der Waals surface area contributed by atoms with E-state index in [0.29, 0.717) is 6.10 Å². The van der Waals surface area contributed by atoms with Crippen LogP contribution >= 0.6 is 0 Å². The summed E-state index contributed by atoms with van der Waals surface area (Å²) in [4.78, 5) is 10.8. The van der Waals surface area contributed by atoms with E-state index < -0.39 is 12.2 Å². The summed E-state index contributed by atoms with van der Waals surface area (Å²) < 4.78 is 4.71. The lowest BCUT2D eigenvalue weighted by Gasteiger charge is -2.09. The van der Waals surface area contributed by atoms with Crippen LogP contribution in [0.15, 0.2) is 0 Å². The number of ether oxygens (including phenoxy) is 1. The predicted octanol–water partition coefficient (Wildman–Crippen LogP) is -0.548. The topological polar surface area (TPSA) is 94.1 Å². The molecule has 1 saturated heterocycles. The first kappa shape index (κ1) is 15.2. The maximum absolute atomic E-state index is 10.8. The summed E-state index contributed by atoms with van der Waals surface area (Å²) in [6.07, 6.45) is -0.524. The first-order chi connectivity index (χ1) is 7.41. The van der Waals surface area contributed by atoms with Crippen molar-refractivity contribution in [1.82, 2.24) is 10.6 Å². The van der Waals surface area contributed by atoms with E-state index in [1.165, 1.54) is 0 Å². The van der Waals surface area contributed by atoms with Crippen LogP contribution in [-0.4, -0.2) is 54.3 Å². The van der Waals surface area contributed by atoms with E-state index in [-0.39, 0.29) is 19.1 Å². The van der Waals surface area contributed by atoms with Crippen LogP contribution in [0, 0.1) is 0 Å². The van der Waals surface area contributed by atoms with Gasteiger partial charge >= 0.3 is 6.03 Å². The summed E-state index contributed by atoms with van der Waals surface area (Å²) in [6.45, 7) is 6.63. The second-order valence-corrected chi connectivity index (χ2v) is 3.93. The van der Waals surface area contributed by atoms with Gasteiger partial charge in [0.1, 0.15) is 0 Å². The lowest BCUT2D eigenvalue weighted by atomic mass is 10.4. The Labute approximate surface area is 96.0 Å². The van der Waals surface area contributed by atoms with Gasteiger partial charge in [0, 0.05) is 13.1 Å². The Morgan fingerprint density at radius 1 is 1.31 bits per heavy atom. The fourth-order valence-corrected chi connectivity index (χ4v) is 0.640. The highest BCUT2D eigenvalue weighted by Crippen LogP contribution is 2.04. The summed E-state index contributed by atoms with van der Waals surface area (Å²) in [7, 11) is 0. The Balaban J connectivity index is 0.000000462. The molecule has 0 bridgehead atoms. The Bertz CT molecular complexity index is 179. The zero-order valence-corrected chi connectivity index (χ0v) is 10.1. The van der Waals surface area contributed by atoms with E-state index >= 15 is 0 Å². The number of nitrogens with one attached hydrogen (secondary N) is 2. The van der Waals surface area contributed by atoms with Crippen LogP contribution in [0.4, 0.5) is 4.79 Å². The third-order valence-electron chi connectivity index (χ3n) is 1.62. The average molecular weight is 234 g/mol. The average Bonchev–Trinajstić information content (AvgIpc) is 2.95. The zero-order chi connectivity index (χ0) is 12.6. The summed E-state index contributed by atoms with van der Waals surface area (Å²) in [5.74, 6) is 0. The Morgan fingerprint density at radius 3 is 1.81 bits per heavy atom. The summed E-state index contributed by atoms with van der Waals surface area (Å²) in [6, 6.07) is -0.378. The maximum Gasteiger partial charge on any atom is 0.314 e. The first-order valence-electron chi connectivity index (χ1n) is 5.41. The van der Waals surface area contributed by atoms with Crippen molar-refractivity contribution in [2.45, 2.75) is 39.1 Å². The molecule has 0 aromatic heterocycles. The largest absolute Gasteiger partial charge is 0.392 e. The lowest BCUT2D eigenvalue weighted by Crippen LogP contribution is -2.41. The third-order valence-corrected chi connectivity index (χ3v) is 1.62. The SMILES string of the molecule is CC(O)CNC(=O)NCC(C)O.CC1CO1. The number of aliphatic hydroxyl groups excluding tert-OH is 2. The van der Waals surface area contributed by atoms with Crippen LogP contribution in [0.3, 0.4) is 0 Å². The Morgan fingerprint density at radius 2 is 1.62 bits per heavy atom. The van der Waals surface area contributed by atoms with Gasteiger partial charge in [-0.3, -0.25) is 0 Å². The Kier molecular flexibility index (Phi) is 7.88. The smallest absolute Gasteiger partial charge is 0.314 e. The molecule has 0 aromatic rings. The molecule has 1 fully saturated rings. The molecule has 0 spiro atoms. The number of urea groups is 1. The molecule has 2 amide bonds. The van der Waals surface area contributed by atoms with E-state index in [9.17, 15) is 4.79 Å². The van der Waals surface area contributed by atoms with Gasteiger partial charge in [-0.15, -0.1) is 0 Å². The van der Waals surface area contributed by atoms with Crippen LogP contribution in [0.25, 0.3) is 0 Å². The minimum Gasteiger partial charge on any atom is -0.392 e. The zero-order valence-electron chi connectivity index (χ0n) is 10.1. The highest BCUT2D eigenvalue weighted by molar-refractivity contribution is 5.73. The molecule has 1 rings (SSSR count). The molecule has 16 heavy (non-hydrogen) atoms. The highest BCUT2D eigenvalue weighted by Gasteiger charge is 2.13. The number of epoxide rings is 1. The normalized spacial score (nSPS) is 21.2. The lowest BCUT2D eigenvalue weighted by molar-refractivity contribution is 0.178. The predicted molar refractivity (Wildman–Crippen MR) is 60.2 cm³/mol. The van der Waals surface area contributed by atoms with Crippen molar-refractivity contribution in [1.29, 1.82) is 0 Å². The van der Waals surface area contributed by atoms with Crippen molar-refractivity contribution >= 4 is 6.03 Å². The number of carbonyl (C=O) groups is 1. The first-order valence-corrected chi connectivity index (χ1v) is 5.41. The molecule has 4 N–H and O–H groups in total. The molecule has 96 valence electrons. The van der Waals surface area contributed by atoms with Gasteiger partial charge in [0.15, 0.2) is 0 Å². The van der Waals surface area contributed by atoms with Crippen LogP contribution in [0.5, 0.6) is 0 Å². The number of amides is 2. The Hall–Kier alpha value is -0.850. The molecule has 6 heteroatoms. The standard InChI is InChI=1S/C7H16N2O3.C3H6O/c1-5(10)3-8-7(12)9-4-6(2)11;1-3-2-4-3/h5-6,10-11H,3-4H2,1-2H3,(H2,8,9,12);3H,2H2,1H3. The fraction of sp³-hybridized carbons (Fsp3) is 0.900. The number of rotatable bonds is 4. The van der Waals surface area contributed by atoms with Gasteiger partial charge in [0.25, 0.3) is 0 Å². The van der Waals surface area contributed by atoms with Crippen molar-refractivity contribution < 1.29 is 19.7 Å². The monoisotopic (exact) mass is 234 g/mol. The van der Waals surface area contributed by atoms with Crippen LogP contribution in [0.2, 0.25) is 0 Å². The summed E-state index contributed by atoms with van der Waals surface area (Å²) in [5.41, 5.74) is 0. The van der Waals surface area contributed by atoms with Crippen molar-refractivity contribution in [3.8, 4) is 0 Å². The molecule has 1 aliphatic heterocycles. The quantitative estimate of drug-likeness (QED) is 0.491. The minimum atomic E-state index is -0.553. The van der Waals surface area contributed by atoms with Crippen molar-refractivity contribution in [2.24, 2.45) is 0 Å². The number of hydrogen-bond acceptors (Lipinski definition) is 4. The van der Waals surface area contributed by atoms with Crippen LogP contribution in [-0.2, 0) is 4.74 Å². The molecule has 3 atom stereocenters. The van der Waals surface area contributed by atoms with Gasteiger partial charge in [-0.1, -0.05) is 0 Å². The second kappa shape index (κ2) is 8.32. The van der Waals surface area contributed by atoms with E-state index in [0.717, 1.165) is 6.61 Å². The number of aliphatic hydroxyl groups is 2. The molecule has 1 aliphatic rings.